The maximum absolute atomic E-state index is 13.2. The Balaban J connectivity index is 1.71. The van der Waals surface area contributed by atoms with Gasteiger partial charge in [-0.05, 0) is 42.5 Å². The number of aromatic nitrogens is 3. The minimum absolute atomic E-state index is 0.0534. The number of methoxy groups -OCH3 is 1. The van der Waals surface area contributed by atoms with E-state index in [1.54, 1.807) is 19.2 Å². The molecule has 0 aliphatic heterocycles. The predicted octanol–water partition coefficient (Wildman–Crippen LogP) is 4.77. The Kier molecular flexibility index (Phi) is 7.49. The van der Waals surface area contributed by atoms with Crippen molar-refractivity contribution >= 4 is 46.6 Å². The van der Waals surface area contributed by atoms with Crippen molar-refractivity contribution in [2.24, 2.45) is 0 Å². The van der Waals surface area contributed by atoms with E-state index in [2.05, 4.69) is 15.5 Å². The van der Waals surface area contributed by atoms with E-state index < -0.39 is 5.82 Å². The lowest BCUT2D eigenvalue weighted by atomic mass is 10.2. The Labute approximate surface area is 181 Å². The fraction of sp³-hybridized carbons (Fsp3) is 0.211. The molecule has 0 saturated carbocycles. The lowest BCUT2D eigenvalue weighted by Crippen LogP contribution is -2.15. The molecule has 6 nitrogen and oxygen atoms in total. The standard InChI is InChI=1S/C19H17Cl2FN4O2S/c1-28-9-8-26-18(12-2-4-13(20)5-3-12)24-25-19(26)29-11-17(27)23-14-6-7-16(22)15(21)10-14/h2-7,10H,8-9,11H2,1H3,(H,23,27). The van der Waals surface area contributed by atoms with Crippen molar-refractivity contribution in [1.29, 1.82) is 0 Å². The van der Waals surface area contributed by atoms with Gasteiger partial charge in [0.05, 0.1) is 23.9 Å². The molecule has 0 atom stereocenters. The highest BCUT2D eigenvalue weighted by atomic mass is 35.5. The van der Waals surface area contributed by atoms with Gasteiger partial charge in [-0.15, -0.1) is 10.2 Å². The Morgan fingerprint density at radius 1 is 1.21 bits per heavy atom. The van der Waals surface area contributed by atoms with Crippen LogP contribution in [0.25, 0.3) is 11.4 Å². The first-order valence-corrected chi connectivity index (χ1v) is 10.3. The van der Waals surface area contributed by atoms with Crippen molar-refractivity contribution in [2.75, 3.05) is 24.8 Å². The van der Waals surface area contributed by atoms with Gasteiger partial charge in [-0.25, -0.2) is 4.39 Å². The summed E-state index contributed by atoms with van der Waals surface area (Å²) in [5, 5.41) is 12.3. The highest BCUT2D eigenvalue weighted by molar-refractivity contribution is 7.99. The van der Waals surface area contributed by atoms with Crippen LogP contribution >= 0.6 is 35.0 Å². The largest absolute Gasteiger partial charge is 0.383 e. The second kappa shape index (κ2) is 10.1. The third-order valence-corrected chi connectivity index (χ3v) is 5.38. The highest BCUT2D eigenvalue weighted by Gasteiger charge is 2.16. The van der Waals surface area contributed by atoms with Crippen LogP contribution < -0.4 is 5.32 Å². The second-order valence-corrected chi connectivity index (χ2v) is 7.71. The number of thioether (sulfide) groups is 1. The monoisotopic (exact) mass is 454 g/mol. The van der Waals surface area contributed by atoms with Crippen LogP contribution in [-0.4, -0.2) is 40.1 Å². The molecule has 1 amide bonds. The normalized spacial score (nSPS) is 10.9. The zero-order chi connectivity index (χ0) is 20.8. The Morgan fingerprint density at radius 2 is 1.97 bits per heavy atom. The molecule has 0 aliphatic rings. The van der Waals surface area contributed by atoms with Crippen LogP contribution in [0.3, 0.4) is 0 Å². The van der Waals surface area contributed by atoms with E-state index in [1.807, 2.05) is 16.7 Å². The number of hydrogen-bond donors (Lipinski definition) is 1. The lowest BCUT2D eigenvalue weighted by molar-refractivity contribution is -0.113. The van der Waals surface area contributed by atoms with E-state index in [4.69, 9.17) is 27.9 Å². The fourth-order valence-corrected chi connectivity index (χ4v) is 3.56. The van der Waals surface area contributed by atoms with Crippen molar-refractivity contribution in [2.45, 2.75) is 11.7 Å². The van der Waals surface area contributed by atoms with Gasteiger partial charge in [0.2, 0.25) is 5.91 Å². The maximum atomic E-state index is 13.2. The number of ether oxygens (including phenoxy) is 1. The molecule has 0 unspecified atom stereocenters. The molecular formula is C19H17Cl2FN4O2S. The quantitative estimate of drug-likeness (QED) is 0.496. The molecule has 0 saturated heterocycles. The molecule has 0 fully saturated rings. The summed E-state index contributed by atoms with van der Waals surface area (Å²) >= 11 is 12.9. The van der Waals surface area contributed by atoms with E-state index in [0.717, 1.165) is 5.56 Å². The Morgan fingerprint density at radius 3 is 2.66 bits per heavy atom. The van der Waals surface area contributed by atoms with Crippen LogP contribution in [0.15, 0.2) is 47.6 Å². The average Bonchev–Trinajstić information content (AvgIpc) is 3.11. The summed E-state index contributed by atoms with van der Waals surface area (Å²) in [6.45, 7) is 0.992. The van der Waals surface area contributed by atoms with Crippen LogP contribution in [-0.2, 0) is 16.1 Å². The maximum Gasteiger partial charge on any atom is 0.234 e. The number of nitrogens with zero attached hydrogens (tertiary/aromatic N) is 3. The Bertz CT molecular complexity index is 998. The highest BCUT2D eigenvalue weighted by Crippen LogP contribution is 2.26. The minimum Gasteiger partial charge on any atom is -0.383 e. The molecule has 2 aromatic carbocycles. The zero-order valence-electron chi connectivity index (χ0n) is 15.4. The number of carbonyl (C=O) groups excluding carboxylic acids is 1. The van der Waals surface area contributed by atoms with Crippen LogP contribution in [0.1, 0.15) is 0 Å². The van der Waals surface area contributed by atoms with Crippen molar-refractivity contribution in [1.82, 2.24) is 14.8 Å². The Hall–Kier alpha value is -2.13. The van der Waals surface area contributed by atoms with Gasteiger partial charge in [0, 0.05) is 23.4 Å². The average molecular weight is 455 g/mol. The van der Waals surface area contributed by atoms with E-state index in [0.29, 0.717) is 34.8 Å². The molecule has 3 rings (SSSR count). The molecule has 0 spiro atoms. The minimum atomic E-state index is -0.542. The van der Waals surface area contributed by atoms with Crippen LogP contribution in [0.4, 0.5) is 10.1 Å². The van der Waals surface area contributed by atoms with E-state index in [9.17, 15) is 9.18 Å². The number of hydrogen-bond acceptors (Lipinski definition) is 5. The SMILES string of the molecule is COCCn1c(SCC(=O)Nc2ccc(F)c(Cl)c2)nnc1-c1ccc(Cl)cc1. The van der Waals surface area contributed by atoms with Gasteiger partial charge in [0.1, 0.15) is 5.82 Å². The van der Waals surface area contributed by atoms with E-state index >= 15 is 0 Å². The number of nitrogens with one attached hydrogen (secondary N) is 1. The number of amides is 1. The van der Waals surface area contributed by atoms with E-state index in [1.165, 1.54) is 30.0 Å². The second-order valence-electron chi connectivity index (χ2n) is 5.92. The van der Waals surface area contributed by atoms with Gasteiger partial charge in [0.15, 0.2) is 11.0 Å². The summed E-state index contributed by atoms with van der Waals surface area (Å²) in [5.74, 6) is -0.0558. The molecule has 3 aromatic rings. The van der Waals surface area contributed by atoms with Gasteiger partial charge in [-0.3, -0.25) is 9.36 Å². The molecule has 152 valence electrons. The van der Waals surface area contributed by atoms with Crippen molar-refractivity contribution in [3.8, 4) is 11.4 Å². The lowest BCUT2D eigenvalue weighted by Gasteiger charge is -2.10. The summed E-state index contributed by atoms with van der Waals surface area (Å²) < 4.78 is 20.3. The van der Waals surface area contributed by atoms with Gasteiger partial charge >= 0.3 is 0 Å². The molecule has 10 heteroatoms. The molecule has 0 radical (unpaired) electrons. The first kappa shape index (κ1) is 21.6. The van der Waals surface area contributed by atoms with Gasteiger partial charge in [0.25, 0.3) is 0 Å². The predicted molar refractivity (Wildman–Crippen MR) is 113 cm³/mol. The third-order valence-electron chi connectivity index (χ3n) is 3.87. The van der Waals surface area contributed by atoms with Crippen LogP contribution in [0.2, 0.25) is 10.0 Å². The molecule has 0 bridgehead atoms. The molecule has 1 N–H and O–H groups in total. The molecule has 1 heterocycles. The fourth-order valence-electron chi connectivity index (χ4n) is 2.49. The first-order valence-electron chi connectivity index (χ1n) is 8.53. The number of halogens is 3. The summed E-state index contributed by atoms with van der Waals surface area (Å²) in [5.41, 5.74) is 1.28. The van der Waals surface area contributed by atoms with Crippen LogP contribution in [0, 0.1) is 5.82 Å². The van der Waals surface area contributed by atoms with Gasteiger partial charge in [-0.1, -0.05) is 35.0 Å². The first-order chi connectivity index (χ1) is 14.0. The van der Waals surface area contributed by atoms with Crippen molar-refractivity contribution in [3.05, 3.63) is 58.3 Å². The molecule has 29 heavy (non-hydrogen) atoms. The van der Waals surface area contributed by atoms with E-state index in [-0.39, 0.29) is 16.7 Å². The third kappa shape index (κ3) is 5.70. The van der Waals surface area contributed by atoms with Gasteiger partial charge in [-0.2, -0.15) is 0 Å². The molecular weight excluding hydrogens is 438 g/mol. The smallest absolute Gasteiger partial charge is 0.234 e. The van der Waals surface area contributed by atoms with Crippen molar-refractivity contribution in [3.63, 3.8) is 0 Å². The molecule has 0 aliphatic carbocycles. The zero-order valence-corrected chi connectivity index (χ0v) is 17.7. The number of rotatable bonds is 8. The van der Waals surface area contributed by atoms with Gasteiger partial charge < -0.3 is 10.1 Å². The molecule has 1 aromatic heterocycles. The number of benzene rings is 2. The number of anilines is 1. The summed E-state index contributed by atoms with van der Waals surface area (Å²) in [6.07, 6.45) is 0. The van der Waals surface area contributed by atoms with Crippen LogP contribution in [0.5, 0.6) is 0 Å². The summed E-state index contributed by atoms with van der Waals surface area (Å²) in [7, 11) is 1.61. The topological polar surface area (TPSA) is 69.0 Å². The summed E-state index contributed by atoms with van der Waals surface area (Å²) in [4.78, 5) is 12.3. The van der Waals surface area contributed by atoms with Crippen molar-refractivity contribution < 1.29 is 13.9 Å². The summed E-state index contributed by atoms with van der Waals surface area (Å²) in [6, 6.07) is 11.3. The number of carbonyl (C=O) groups is 1.